The van der Waals surface area contributed by atoms with Crippen molar-refractivity contribution in [3.8, 4) is 17.1 Å². The van der Waals surface area contributed by atoms with Crippen LogP contribution in [0.25, 0.3) is 17.1 Å². The fourth-order valence-electron chi connectivity index (χ4n) is 3.48. The molecule has 0 saturated carbocycles. The van der Waals surface area contributed by atoms with Gasteiger partial charge in [-0.05, 0) is 68.3 Å². The smallest absolute Gasteiger partial charge is 0.234 e. The molecule has 1 aromatic heterocycles. The normalized spacial score (nSPS) is 10.9. The Hall–Kier alpha value is -3.09. The lowest BCUT2D eigenvalue weighted by molar-refractivity contribution is -0.113. The van der Waals surface area contributed by atoms with Gasteiger partial charge in [-0.1, -0.05) is 59.3 Å². The van der Waals surface area contributed by atoms with Crippen LogP contribution in [-0.2, 0) is 4.79 Å². The SMILES string of the molecule is Cc1ccc(-n2c(SCC(=O)Nc3cc(C)cc(C)c3)nnc2-c2ccccc2Cl)cc1. The number of benzene rings is 3. The molecule has 0 fully saturated rings. The monoisotopic (exact) mass is 462 g/mol. The van der Waals surface area contributed by atoms with Crippen LogP contribution < -0.4 is 5.32 Å². The number of hydrogen-bond donors (Lipinski definition) is 1. The summed E-state index contributed by atoms with van der Waals surface area (Å²) in [5.74, 6) is 0.744. The predicted octanol–water partition coefficient (Wildman–Crippen LogP) is 6.24. The van der Waals surface area contributed by atoms with Gasteiger partial charge in [0.15, 0.2) is 11.0 Å². The maximum atomic E-state index is 12.6. The van der Waals surface area contributed by atoms with Gasteiger partial charge in [-0.25, -0.2) is 0 Å². The van der Waals surface area contributed by atoms with Crippen LogP contribution in [0.4, 0.5) is 5.69 Å². The Morgan fingerprint density at radius 1 is 0.938 bits per heavy atom. The van der Waals surface area contributed by atoms with Crippen LogP contribution in [0.3, 0.4) is 0 Å². The molecule has 4 aromatic rings. The van der Waals surface area contributed by atoms with Crippen molar-refractivity contribution in [1.82, 2.24) is 14.8 Å². The first-order valence-corrected chi connectivity index (χ1v) is 11.6. The number of aryl methyl sites for hydroxylation is 3. The van der Waals surface area contributed by atoms with E-state index in [0.717, 1.165) is 33.6 Å². The summed E-state index contributed by atoms with van der Waals surface area (Å²) in [6, 6.07) is 21.6. The van der Waals surface area contributed by atoms with Crippen LogP contribution in [0.5, 0.6) is 0 Å². The lowest BCUT2D eigenvalue weighted by Crippen LogP contribution is -2.14. The maximum absolute atomic E-state index is 12.6. The number of carbonyl (C=O) groups is 1. The number of rotatable bonds is 6. The Morgan fingerprint density at radius 3 is 2.31 bits per heavy atom. The topological polar surface area (TPSA) is 59.8 Å². The van der Waals surface area contributed by atoms with Crippen molar-refractivity contribution in [2.24, 2.45) is 0 Å². The third-order valence-corrected chi connectivity index (χ3v) is 6.14. The first kappa shape index (κ1) is 22.1. The molecule has 0 atom stereocenters. The van der Waals surface area contributed by atoms with Crippen molar-refractivity contribution in [1.29, 1.82) is 0 Å². The van der Waals surface area contributed by atoms with Crippen molar-refractivity contribution < 1.29 is 4.79 Å². The molecule has 162 valence electrons. The van der Waals surface area contributed by atoms with E-state index in [-0.39, 0.29) is 11.7 Å². The zero-order valence-corrected chi connectivity index (χ0v) is 19.7. The zero-order valence-electron chi connectivity index (χ0n) is 18.1. The Bertz CT molecular complexity index is 1250. The molecule has 1 N–H and O–H groups in total. The molecule has 3 aromatic carbocycles. The fraction of sp³-hybridized carbons (Fsp3) is 0.160. The van der Waals surface area contributed by atoms with Gasteiger partial charge in [0.25, 0.3) is 0 Å². The van der Waals surface area contributed by atoms with Gasteiger partial charge < -0.3 is 5.32 Å². The number of hydrogen-bond acceptors (Lipinski definition) is 4. The van der Waals surface area contributed by atoms with Crippen molar-refractivity contribution in [3.63, 3.8) is 0 Å². The highest BCUT2D eigenvalue weighted by molar-refractivity contribution is 7.99. The summed E-state index contributed by atoms with van der Waals surface area (Å²) in [5, 5.41) is 13.0. The molecule has 0 aliphatic rings. The number of anilines is 1. The highest BCUT2D eigenvalue weighted by Crippen LogP contribution is 2.32. The van der Waals surface area contributed by atoms with E-state index in [1.807, 2.05) is 86.0 Å². The number of amides is 1. The lowest BCUT2D eigenvalue weighted by atomic mass is 10.1. The van der Waals surface area contributed by atoms with E-state index in [1.54, 1.807) is 0 Å². The number of nitrogens with one attached hydrogen (secondary N) is 1. The Balaban J connectivity index is 1.61. The number of halogens is 1. The molecule has 0 aliphatic heterocycles. The van der Waals surface area contributed by atoms with Gasteiger partial charge in [-0.15, -0.1) is 10.2 Å². The summed E-state index contributed by atoms with van der Waals surface area (Å²) in [6.07, 6.45) is 0. The second kappa shape index (κ2) is 9.59. The minimum absolute atomic E-state index is 0.0993. The Labute approximate surface area is 196 Å². The van der Waals surface area contributed by atoms with Crippen molar-refractivity contribution >= 4 is 35.0 Å². The van der Waals surface area contributed by atoms with E-state index in [9.17, 15) is 4.79 Å². The molecule has 1 amide bonds. The van der Waals surface area contributed by atoms with E-state index in [0.29, 0.717) is 16.0 Å². The number of aromatic nitrogens is 3. The minimum atomic E-state index is -0.0993. The average Bonchev–Trinajstić information content (AvgIpc) is 3.16. The van der Waals surface area contributed by atoms with Crippen LogP contribution in [-0.4, -0.2) is 26.4 Å². The first-order chi connectivity index (χ1) is 15.4. The van der Waals surface area contributed by atoms with Gasteiger partial charge in [-0.2, -0.15) is 0 Å². The molecule has 0 spiro atoms. The van der Waals surface area contributed by atoms with Crippen LogP contribution in [0.15, 0.2) is 71.9 Å². The quantitative estimate of drug-likeness (QED) is 0.344. The van der Waals surface area contributed by atoms with E-state index >= 15 is 0 Å². The molecule has 0 radical (unpaired) electrons. The van der Waals surface area contributed by atoms with Gasteiger partial charge in [-0.3, -0.25) is 9.36 Å². The van der Waals surface area contributed by atoms with Crippen LogP contribution in [0.1, 0.15) is 16.7 Å². The summed E-state index contributed by atoms with van der Waals surface area (Å²) in [5.41, 5.74) is 5.86. The third-order valence-electron chi connectivity index (χ3n) is 4.88. The van der Waals surface area contributed by atoms with E-state index in [1.165, 1.54) is 11.8 Å². The summed E-state index contributed by atoms with van der Waals surface area (Å²) in [4.78, 5) is 12.6. The molecule has 7 heteroatoms. The van der Waals surface area contributed by atoms with Gasteiger partial charge in [0, 0.05) is 16.9 Å². The van der Waals surface area contributed by atoms with E-state index in [2.05, 4.69) is 21.6 Å². The maximum Gasteiger partial charge on any atom is 0.234 e. The summed E-state index contributed by atoms with van der Waals surface area (Å²) in [7, 11) is 0. The molecule has 0 unspecified atom stereocenters. The molecule has 4 rings (SSSR count). The van der Waals surface area contributed by atoms with Crippen LogP contribution in [0.2, 0.25) is 5.02 Å². The number of nitrogens with zero attached hydrogens (tertiary/aromatic N) is 3. The highest BCUT2D eigenvalue weighted by atomic mass is 35.5. The largest absolute Gasteiger partial charge is 0.325 e. The molecular formula is C25H23ClN4OS. The Kier molecular flexibility index (Phi) is 6.63. The van der Waals surface area contributed by atoms with Gasteiger partial charge in [0.1, 0.15) is 0 Å². The van der Waals surface area contributed by atoms with E-state index in [4.69, 9.17) is 11.6 Å². The highest BCUT2D eigenvalue weighted by Gasteiger charge is 2.19. The predicted molar refractivity (Wildman–Crippen MR) is 132 cm³/mol. The molecule has 0 aliphatic carbocycles. The fourth-order valence-corrected chi connectivity index (χ4v) is 4.45. The van der Waals surface area contributed by atoms with Crippen molar-refractivity contribution in [3.05, 3.63) is 88.4 Å². The van der Waals surface area contributed by atoms with Crippen molar-refractivity contribution in [2.75, 3.05) is 11.1 Å². The summed E-state index contributed by atoms with van der Waals surface area (Å²) >= 11 is 7.78. The van der Waals surface area contributed by atoms with Gasteiger partial charge in [0.05, 0.1) is 10.8 Å². The molecule has 5 nitrogen and oxygen atoms in total. The van der Waals surface area contributed by atoms with Gasteiger partial charge in [0.2, 0.25) is 5.91 Å². The second-order valence-electron chi connectivity index (χ2n) is 7.67. The summed E-state index contributed by atoms with van der Waals surface area (Å²) < 4.78 is 1.94. The molecular weight excluding hydrogens is 440 g/mol. The molecule has 0 bridgehead atoms. The number of carbonyl (C=O) groups excluding carboxylic acids is 1. The van der Waals surface area contributed by atoms with Gasteiger partial charge >= 0.3 is 0 Å². The standard InChI is InChI=1S/C25H23ClN4OS/c1-16-8-10-20(11-9-16)30-24(21-6-4-5-7-22(21)26)28-29-25(30)32-15-23(31)27-19-13-17(2)12-18(3)14-19/h4-14H,15H2,1-3H3,(H,27,31). The molecule has 1 heterocycles. The lowest BCUT2D eigenvalue weighted by Gasteiger charge is -2.12. The zero-order chi connectivity index (χ0) is 22.7. The Morgan fingerprint density at radius 2 is 1.62 bits per heavy atom. The first-order valence-electron chi connectivity index (χ1n) is 10.2. The molecule has 32 heavy (non-hydrogen) atoms. The average molecular weight is 463 g/mol. The van der Waals surface area contributed by atoms with Crippen LogP contribution >= 0.6 is 23.4 Å². The molecule has 0 saturated heterocycles. The third kappa shape index (κ3) is 5.03. The number of thioether (sulfide) groups is 1. The second-order valence-corrected chi connectivity index (χ2v) is 9.02. The van der Waals surface area contributed by atoms with E-state index < -0.39 is 0 Å². The van der Waals surface area contributed by atoms with Crippen molar-refractivity contribution in [2.45, 2.75) is 25.9 Å². The minimum Gasteiger partial charge on any atom is -0.325 e. The summed E-state index contributed by atoms with van der Waals surface area (Å²) in [6.45, 7) is 6.06. The van der Waals surface area contributed by atoms with Crippen LogP contribution in [0, 0.1) is 20.8 Å².